The van der Waals surface area contributed by atoms with Crippen LogP contribution in [0.4, 0.5) is 5.69 Å². The molecule has 3 nitrogen and oxygen atoms in total. The van der Waals surface area contributed by atoms with Gasteiger partial charge in [-0.2, -0.15) is 11.8 Å². The van der Waals surface area contributed by atoms with Gasteiger partial charge in [-0.1, -0.05) is 15.9 Å². The number of anilines is 1. The highest BCUT2D eigenvalue weighted by molar-refractivity contribution is 9.10. The number of benzene rings is 1. The van der Waals surface area contributed by atoms with E-state index in [9.17, 15) is 4.79 Å². The lowest BCUT2D eigenvalue weighted by atomic mass is 10.2. The summed E-state index contributed by atoms with van der Waals surface area (Å²) in [7, 11) is 0. The minimum atomic E-state index is -0.308. The van der Waals surface area contributed by atoms with E-state index in [1.807, 2.05) is 30.5 Å². The smallest absolute Gasteiger partial charge is 0.239 e. The van der Waals surface area contributed by atoms with Gasteiger partial charge in [0.25, 0.3) is 0 Å². The molecule has 0 bridgehead atoms. The lowest BCUT2D eigenvalue weighted by molar-refractivity contribution is -0.118. The fraction of sp³-hybridized carbons (Fsp3) is 0.364. The summed E-state index contributed by atoms with van der Waals surface area (Å²) in [4.78, 5) is 11.2. The quantitative estimate of drug-likeness (QED) is 0.849. The predicted molar refractivity (Wildman–Crippen MR) is 73.7 cm³/mol. The van der Waals surface area contributed by atoms with Gasteiger partial charge < -0.3 is 11.1 Å². The summed E-state index contributed by atoms with van der Waals surface area (Å²) in [6.45, 7) is 0. The first-order valence-electron chi connectivity index (χ1n) is 4.94. The van der Waals surface area contributed by atoms with E-state index in [1.165, 1.54) is 0 Å². The molecule has 0 saturated carbocycles. The van der Waals surface area contributed by atoms with Gasteiger partial charge >= 0.3 is 0 Å². The molecule has 0 aliphatic rings. The summed E-state index contributed by atoms with van der Waals surface area (Å²) in [5.41, 5.74) is 6.25. The molecular weight excluding hydrogens is 288 g/mol. The number of thioether (sulfide) groups is 1. The molecule has 1 rings (SSSR count). The fourth-order valence-corrected chi connectivity index (χ4v) is 2.00. The number of hydrogen-bond acceptors (Lipinski definition) is 3. The van der Waals surface area contributed by atoms with Crippen LogP contribution in [-0.4, -0.2) is 24.0 Å². The van der Waals surface area contributed by atoms with Gasteiger partial charge in [0.2, 0.25) is 5.91 Å². The monoisotopic (exact) mass is 302 g/mol. The van der Waals surface area contributed by atoms with Crippen LogP contribution in [0.3, 0.4) is 0 Å². The number of halogens is 1. The first kappa shape index (κ1) is 13.4. The third-order valence-electron chi connectivity index (χ3n) is 2.14. The molecule has 0 aliphatic heterocycles. The molecule has 1 aromatic carbocycles. The third kappa shape index (κ3) is 4.45. The van der Waals surface area contributed by atoms with E-state index in [0.29, 0.717) is 0 Å². The van der Waals surface area contributed by atoms with Gasteiger partial charge in [-0.15, -0.1) is 0 Å². The van der Waals surface area contributed by atoms with Crippen LogP contribution in [-0.2, 0) is 4.79 Å². The van der Waals surface area contributed by atoms with E-state index < -0.39 is 0 Å². The first-order chi connectivity index (χ1) is 7.63. The topological polar surface area (TPSA) is 55.1 Å². The Balaban J connectivity index is 2.60. The highest BCUT2D eigenvalue weighted by Gasteiger charge is 2.13. The maximum atomic E-state index is 11.2. The molecule has 1 atom stereocenters. The average Bonchev–Trinajstić information content (AvgIpc) is 2.26. The van der Waals surface area contributed by atoms with E-state index >= 15 is 0 Å². The summed E-state index contributed by atoms with van der Waals surface area (Å²) < 4.78 is 1.01. The Morgan fingerprint density at radius 1 is 1.50 bits per heavy atom. The normalized spacial score (nSPS) is 12.1. The van der Waals surface area contributed by atoms with Crippen LogP contribution in [0, 0.1) is 0 Å². The molecule has 0 saturated heterocycles. The Labute approximate surface area is 108 Å². The maximum absolute atomic E-state index is 11.2. The molecule has 0 spiro atoms. The number of hydrogen-bond donors (Lipinski definition) is 2. The van der Waals surface area contributed by atoms with Crippen molar-refractivity contribution in [1.82, 2.24) is 0 Å². The van der Waals surface area contributed by atoms with Crippen molar-refractivity contribution >= 4 is 39.3 Å². The Bertz CT molecular complexity index is 342. The van der Waals surface area contributed by atoms with Crippen molar-refractivity contribution in [2.24, 2.45) is 5.73 Å². The molecule has 1 aromatic rings. The summed E-state index contributed by atoms with van der Waals surface area (Å²) >= 11 is 5.06. The minimum Gasteiger partial charge on any atom is -0.374 e. The van der Waals surface area contributed by atoms with Crippen molar-refractivity contribution in [2.75, 3.05) is 17.3 Å². The Hall–Kier alpha value is -0.680. The number of nitrogens with two attached hydrogens (primary N) is 1. The van der Waals surface area contributed by atoms with Crippen LogP contribution in [0.2, 0.25) is 0 Å². The van der Waals surface area contributed by atoms with Crippen LogP contribution >= 0.6 is 27.7 Å². The summed E-state index contributed by atoms with van der Waals surface area (Å²) in [5, 5.41) is 3.13. The van der Waals surface area contributed by atoms with Gasteiger partial charge in [-0.05, 0) is 42.7 Å². The number of amides is 1. The minimum absolute atomic E-state index is 0.298. The first-order valence-corrected chi connectivity index (χ1v) is 7.12. The predicted octanol–water partition coefficient (Wildman–Crippen LogP) is 2.47. The third-order valence-corrected chi connectivity index (χ3v) is 3.31. The lowest BCUT2D eigenvalue weighted by Gasteiger charge is -2.16. The fourth-order valence-electron chi connectivity index (χ4n) is 1.27. The van der Waals surface area contributed by atoms with Crippen molar-refractivity contribution < 1.29 is 4.79 Å². The van der Waals surface area contributed by atoms with E-state index in [4.69, 9.17) is 5.73 Å². The zero-order valence-electron chi connectivity index (χ0n) is 9.07. The second kappa shape index (κ2) is 6.81. The number of carbonyl (C=O) groups excluding carboxylic acids is 1. The molecule has 5 heteroatoms. The van der Waals surface area contributed by atoms with Crippen LogP contribution in [0.15, 0.2) is 28.7 Å². The van der Waals surface area contributed by atoms with Gasteiger partial charge in [0.05, 0.1) is 0 Å². The van der Waals surface area contributed by atoms with Crippen molar-refractivity contribution in [2.45, 2.75) is 12.5 Å². The van der Waals surface area contributed by atoms with E-state index in [1.54, 1.807) is 11.8 Å². The number of rotatable bonds is 6. The average molecular weight is 303 g/mol. The van der Waals surface area contributed by atoms with Crippen LogP contribution in [0.1, 0.15) is 6.42 Å². The lowest BCUT2D eigenvalue weighted by Crippen LogP contribution is -2.35. The van der Waals surface area contributed by atoms with Crippen LogP contribution in [0.25, 0.3) is 0 Å². The Morgan fingerprint density at radius 3 is 2.62 bits per heavy atom. The van der Waals surface area contributed by atoms with Crippen LogP contribution in [0.5, 0.6) is 0 Å². The standard InChI is InChI=1S/C11H15BrN2OS/c1-16-7-6-10(11(13)15)14-9-4-2-8(12)3-5-9/h2-5,10,14H,6-7H2,1H3,(H2,13,15). The molecule has 0 heterocycles. The summed E-state index contributed by atoms with van der Waals surface area (Å²) in [6.07, 6.45) is 2.75. The second-order valence-corrected chi connectivity index (χ2v) is 5.29. The molecule has 0 fully saturated rings. The Morgan fingerprint density at radius 2 is 2.12 bits per heavy atom. The Kier molecular flexibility index (Phi) is 5.69. The van der Waals surface area contributed by atoms with Crippen molar-refractivity contribution in [3.63, 3.8) is 0 Å². The molecule has 3 N–H and O–H groups in total. The van der Waals surface area contributed by atoms with Gasteiger partial charge in [-0.3, -0.25) is 4.79 Å². The zero-order valence-corrected chi connectivity index (χ0v) is 11.5. The van der Waals surface area contributed by atoms with Gasteiger partial charge in [0.1, 0.15) is 6.04 Å². The van der Waals surface area contributed by atoms with E-state index in [0.717, 1.165) is 22.3 Å². The summed E-state index contributed by atoms with van der Waals surface area (Å²) in [5.74, 6) is 0.605. The maximum Gasteiger partial charge on any atom is 0.239 e. The van der Waals surface area contributed by atoms with Gasteiger partial charge in [-0.25, -0.2) is 0 Å². The van der Waals surface area contributed by atoms with E-state index in [2.05, 4.69) is 21.2 Å². The largest absolute Gasteiger partial charge is 0.374 e. The number of carbonyl (C=O) groups is 1. The van der Waals surface area contributed by atoms with Gasteiger partial charge in [0, 0.05) is 10.2 Å². The molecule has 0 aliphatic carbocycles. The molecule has 1 amide bonds. The van der Waals surface area contributed by atoms with Crippen molar-refractivity contribution in [3.8, 4) is 0 Å². The SMILES string of the molecule is CSCCC(Nc1ccc(Br)cc1)C(N)=O. The summed E-state index contributed by atoms with van der Waals surface area (Å²) in [6, 6.07) is 7.39. The number of nitrogens with one attached hydrogen (secondary N) is 1. The van der Waals surface area contributed by atoms with Gasteiger partial charge in [0.15, 0.2) is 0 Å². The molecule has 88 valence electrons. The molecule has 16 heavy (non-hydrogen) atoms. The van der Waals surface area contributed by atoms with Crippen molar-refractivity contribution in [3.05, 3.63) is 28.7 Å². The molecule has 1 unspecified atom stereocenters. The molecule has 0 radical (unpaired) electrons. The zero-order chi connectivity index (χ0) is 12.0. The highest BCUT2D eigenvalue weighted by atomic mass is 79.9. The number of primary amides is 1. The van der Waals surface area contributed by atoms with Crippen LogP contribution < -0.4 is 11.1 Å². The van der Waals surface area contributed by atoms with Crippen molar-refractivity contribution in [1.29, 1.82) is 0 Å². The highest BCUT2D eigenvalue weighted by Crippen LogP contribution is 2.16. The molecular formula is C11H15BrN2OS. The van der Waals surface area contributed by atoms with E-state index in [-0.39, 0.29) is 11.9 Å². The molecule has 0 aromatic heterocycles. The second-order valence-electron chi connectivity index (χ2n) is 3.39.